The zero-order valence-corrected chi connectivity index (χ0v) is 16.1. The van der Waals surface area contributed by atoms with Crippen molar-refractivity contribution in [1.82, 2.24) is 14.6 Å². The van der Waals surface area contributed by atoms with Crippen molar-refractivity contribution in [1.29, 1.82) is 0 Å². The van der Waals surface area contributed by atoms with Gasteiger partial charge in [0.1, 0.15) is 10.5 Å². The van der Waals surface area contributed by atoms with Gasteiger partial charge in [-0.15, -0.1) is 0 Å². The number of pyridine rings is 1. The van der Waals surface area contributed by atoms with E-state index in [1.807, 2.05) is 24.3 Å². The van der Waals surface area contributed by atoms with E-state index in [-0.39, 0.29) is 16.7 Å². The molecule has 0 bridgehead atoms. The average Bonchev–Trinajstić information content (AvgIpc) is 3.17. The molecule has 1 saturated heterocycles. The van der Waals surface area contributed by atoms with Gasteiger partial charge in [0.15, 0.2) is 5.76 Å². The Kier molecular flexibility index (Phi) is 5.15. The number of carbonyl (C=O) groups is 1. The molecular weight excluding hydrogens is 378 g/mol. The molecule has 1 aromatic carbocycles. The van der Waals surface area contributed by atoms with Gasteiger partial charge >= 0.3 is 0 Å². The number of nitrogens with zero attached hydrogens (tertiary/aromatic N) is 2. The third-order valence-electron chi connectivity index (χ3n) is 5.04. The summed E-state index contributed by atoms with van der Waals surface area (Å²) in [5.41, 5.74) is 0.700. The molecule has 7 nitrogen and oxygen atoms in total. The quantitative estimate of drug-likeness (QED) is 0.712. The van der Waals surface area contributed by atoms with E-state index in [1.165, 1.54) is 18.5 Å². The number of piperidine rings is 1. The summed E-state index contributed by atoms with van der Waals surface area (Å²) in [5, 5.41) is 0.908. The van der Waals surface area contributed by atoms with Gasteiger partial charge in [0, 0.05) is 37.4 Å². The van der Waals surface area contributed by atoms with Gasteiger partial charge in [-0.1, -0.05) is 18.2 Å². The van der Waals surface area contributed by atoms with Crippen molar-refractivity contribution in [3.8, 4) is 0 Å². The smallest absolute Gasteiger partial charge is 0.289 e. The van der Waals surface area contributed by atoms with E-state index in [0.717, 1.165) is 18.2 Å². The molecule has 0 spiro atoms. The second-order valence-corrected chi connectivity index (χ2v) is 8.69. The number of benzene rings is 1. The predicted octanol–water partition coefficient (Wildman–Crippen LogP) is 2.66. The number of fused-ring (bicyclic) bond motifs is 1. The van der Waals surface area contributed by atoms with Gasteiger partial charge in [-0.3, -0.25) is 9.78 Å². The first-order valence-electron chi connectivity index (χ1n) is 9.20. The summed E-state index contributed by atoms with van der Waals surface area (Å²) >= 11 is 0. The Morgan fingerprint density at radius 1 is 1.18 bits per heavy atom. The molecule has 1 aliphatic rings. The van der Waals surface area contributed by atoms with Crippen LogP contribution in [0.3, 0.4) is 0 Å². The molecule has 2 aromatic heterocycles. The first kappa shape index (κ1) is 18.6. The maximum atomic E-state index is 12.7. The standard InChI is InChI=1S/C20H21N3O4S/c24-20(19-12-16-4-1-2-6-18(16)27-19)23-10-7-15(8-11-23)13-22-28(25,26)17-5-3-9-21-14-17/h1-6,9,12,14-15,22H,7-8,10-11,13H2. The molecule has 1 fully saturated rings. The summed E-state index contributed by atoms with van der Waals surface area (Å²) < 4.78 is 32.9. The minimum atomic E-state index is -3.56. The Bertz CT molecular complexity index is 1040. The minimum absolute atomic E-state index is 0.120. The lowest BCUT2D eigenvalue weighted by Crippen LogP contribution is -2.41. The predicted molar refractivity (Wildman–Crippen MR) is 104 cm³/mol. The van der Waals surface area contributed by atoms with Crippen molar-refractivity contribution in [2.24, 2.45) is 5.92 Å². The third-order valence-corrected chi connectivity index (χ3v) is 6.45. The van der Waals surface area contributed by atoms with Crippen LogP contribution in [0.25, 0.3) is 11.0 Å². The van der Waals surface area contributed by atoms with Crippen molar-refractivity contribution in [3.63, 3.8) is 0 Å². The number of hydrogen-bond acceptors (Lipinski definition) is 5. The van der Waals surface area contributed by atoms with E-state index >= 15 is 0 Å². The molecule has 0 aliphatic carbocycles. The van der Waals surface area contributed by atoms with E-state index in [9.17, 15) is 13.2 Å². The number of rotatable bonds is 5. The Morgan fingerprint density at radius 3 is 2.68 bits per heavy atom. The first-order valence-corrected chi connectivity index (χ1v) is 10.7. The van der Waals surface area contributed by atoms with Gasteiger partial charge in [0.2, 0.25) is 10.0 Å². The monoisotopic (exact) mass is 399 g/mol. The highest BCUT2D eigenvalue weighted by Gasteiger charge is 2.26. The van der Waals surface area contributed by atoms with Crippen LogP contribution in [0.2, 0.25) is 0 Å². The molecule has 0 radical (unpaired) electrons. The number of amides is 1. The number of likely N-dealkylation sites (tertiary alicyclic amines) is 1. The maximum Gasteiger partial charge on any atom is 0.289 e. The molecule has 4 rings (SSSR count). The van der Waals surface area contributed by atoms with Crippen molar-refractivity contribution in [2.45, 2.75) is 17.7 Å². The first-order chi connectivity index (χ1) is 13.5. The van der Waals surface area contributed by atoms with Gasteiger partial charge in [-0.05, 0) is 43.0 Å². The number of nitrogens with one attached hydrogen (secondary N) is 1. The molecule has 8 heteroatoms. The van der Waals surface area contributed by atoms with Crippen LogP contribution in [-0.4, -0.2) is 43.8 Å². The second kappa shape index (κ2) is 7.73. The van der Waals surface area contributed by atoms with E-state index in [2.05, 4.69) is 9.71 Å². The zero-order valence-electron chi connectivity index (χ0n) is 15.2. The number of aromatic nitrogens is 1. The molecule has 0 atom stereocenters. The Labute approximate surface area is 163 Å². The fraction of sp³-hybridized carbons (Fsp3) is 0.300. The van der Waals surface area contributed by atoms with E-state index < -0.39 is 10.0 Å². The molecule has 28 heavy (non-hydrogen) atoms. The number of furan rings is 1. The number of sulfonamides is 1. The highest BCUT2D eigenvalue weighted by molar-refractivity contribution is 7.89. The van der Waals surface area contributed by atoms with Gasteiger partial charge in [-0.25, -0.2) is 13.1 Å². The Balaban J connectivity index is 1.32. The molecular formula is C20H21N3O4S. The summed E-state index contributed by atoms with van der Waals surface area (Å²) in [4.78, 5) is 18.5. The lowest BCUT2D eigenvalue weighted by atomic mass is 9.97. The molecule has 3 aromatic rings. The highest BCUT2D eigenvalue weighted by Crippen LogP contribution is 2.23. The van der Waals surface area contributed by atoms with Crippen LogP contribution in [0.15, 0.2) is 64.2 Å². The molecule has 0 saturated carbocycles. The Morgan fingerprint density at radius 2 is 1.96 bits per heavy atom. The third kappa shape index (κ3) is 3.93. The summed E-state index contributed by atoms with van der Waals surface area (Å²) in [5.74, 6) is 0.411. The highest BCUT2D eigenvalue weighted by atomic mass is 32.2. The molecule has 146 valence electrons. The molecule has 0 unspecified atom stereocenters. The lowest BCUT2D eigenvalue weighted by molar-refractivity contribution is 0.0662. The largest absolute Gasteiger partial charge is 0.451 e. The summed E-state index contributed by atoms with van der Waals surface area (Å²) in [6.07, 6.45) is 4.34. The minimum Gasteiger partial charge on any atom is -0.451 e. The summed E-state index contributed by atoms with van der Waals surface area (Å²) in [7, 11) is -3.56. The van der Waals surface area contributed by atoms with Gasteiger partial charge < -0.3 is 9.32 Å². The fourth-order valence-electron chi connectivity index (χ4n) is 3.40. The van der Waals surface area contributed by atoms with Crippen LogP contribution in [0, 0.1) is 5.92 Å². The number of hydrogen-bond donors (Lipinski definition) is 1. The average molecular weight is 399 g/mol. The van der Waals surface area contributed by atoms with Crippen LogP contribution in [0.5, 0.6) is 0 Å². The molecule has 3 heterocycles. The van der Waals surface area contributed by atoms with Crippen molar-refractivity contribution in [2.75, 3.05) is 19.6 Å². The second-order valence-electron chi connectivity index (χ2n) is 6.92. The molecule has 1 aliphatic heterocycles. The van der Waals surface area contributed by atoms with E-state index in [1.54, 1.807) is 17.0 Å². The van der Waals surface area contributed by atoms with Crippen LogP contribution < -0.4 is 4.72 Å². The van der Waals surface area contributed by atoms with E-state index in [0.29, 0.717) is 31.0 Å². The van der Waals surface area contributed by atoms with Crippen LogP contribution in [0.1, 0.15) is 23.4 Å². The van der Waals surface area contributed by atoms with Crippen LogP contribution in [-0.2, 0) is 10.0 Å². The zero-order chi connectivity index (χ0) is 19.6. The van der Waals surface area contributed by atoms with E-state index in [4.69, 9.17) is 4.42 Å². The lowest BCUT2D eigenvalue weighted by Gasteiger charge is -2.31. The fourth-order valence-corrected chi connectivity index (χ4v) is 4.48. The van der Waals surface area contributed by atoms with Crippen molar-refractivity contribution < 1.29 is 17.6 Å². The maximum absolute atomic E-state index is 12.7. The SMILES string of the molecule is O=C(c1cc2ccccc2o1)N1CCC(CNS(=O)(=O)c2cccnc2)CC1. The number of carbonyl (C=O) groups excluding carboxylic acids is 1. The summed E-state index contributed by atoms with van der Waals surface area (Å²) in [6, 6.07) is 12.4. The number of para-hydroxylation sites is 1. The topological polar surface area (TPSA) is 92.5 Å². The van der Waals surface area contributed by atoms with Crippen molar-refractivity contribution in [3.05, 3.63) is 60.6 Å². The van der Waals surface area contributed by atoms with Crippen LogP contribution >= 0.6 is 0 Å². The van der Waals surface area contributed by atoms with Crippen molar-refractivity contribution >= 4 is 26.9 Å². The van der Waals surface area contributed by atoms with Gasteiger partial charge in [-0.2, -0.15) is 0 Å². The van der Waals surface area contributed by atoms with Crippen LogP contribution in [0.4, 0.5) is 0 Å². The van der Waals surface area contributed by atoms with Gasteiger partial charge in [0.05, 0.1) is 0 Å². The Hall–Kier alpha value is -2.71. The normalized spacial score (nSPS) is 15.8. The molecule has 1 amide bonds. The molecule has 1 N–H and O–H groups in total. The van der Waals surface area contributed by atoms with Gasteiger partial charge in [0.25, 0.3) is 5.91 Å². The summed E-state index contributed by atoms with van der Waals surface area (Å²) in [6.45, 7) is 1.51.